The van der Waals surface area contributed by atoms with Crippen LogP contribution in [0.3, 0.4) is 0 Å². The molecule has 0 saturated heterocycles. The Hall–Kier alpha value is -1.71. The predicted molar refractivity (Wildman–Crippen MR) is 77.8 cm³/mol. The first-order valence-corrected chi connectivity index (χ1v) is 8.18. The van der Waals surface area contributed by atoms with E-state index in [0.29, 0.717) is 0 Å². The molecular weight excluding hydrogens is 314 g/mol. The van der Waals surface area contributed by atoms with Crippen LogP contribution < -0.4 is 0 Å². The average molecular weight is 328 g/mol. The number of carbonyl (C=O) groups excluding carboxylic acids is 2. The maximum absolute atomic E-state index is 12.4. The van der Waals surface area contributed by atoms with E-state index in [1.165, 1.54) is 38.1 Å². The Kier molecular flexibility index (Phi) is 4.61. The molecule has 0 heterocycles. The lowest BCUT2D eigenvalue weighted by Crippen LogP contribution is -2.46. The maximum atomic E-state index is 12.4. The van der Waals surface area contributed by atoms with E-state index in [-0.39, 0.29) is 16.7 Å². The third kappa shape index (κ3) is 3.14. The van der Waals surface area contributed by atoms with Gasteiger partial charge in [-0.25, -0.2) is 8.42 Å². The molecule has 1 rings (SSSR count). The Bertz CT molecular complexity index is 728. The highest BCUT2D eigenvalue weighted by molar-refractivity contribution is 7.90. The molecule has 0 saturated carbocycles. The Labute approximate surface area is 128 Å². The monoisotopic (exact) mass is 327 g/mol. The molecule has 0 N–H and O–H groups in total. The van der Waals surface area contributed by atoms with Gasteiger partial charge in [0.15, 0.2) is 27.3 Å². The second-order valence-corrected chi connectivity index (χ2v) is 8.04. The van der Waals surface area contributed by atoms with Gasteiger partial charge in [0.2, 0.25) is 0 Å². The number of nitrogens with zero attached hydrogens (tertiary/aromatic N) is 1. The molecule has 1 atom stereocenters. The quantitative estimate of drug-likeness (QED) is 0.465. The summed E-state index contributed by atoms with van der Waals surface area (Å²) in [5.41, 5.74) is -2.44. The number of alkyl halides is 1. The van der Waals surface area contributed by atoms with E-state index in [1.807, 2.05) is 0 Å². The number of carbonyl (C=O) groups is 2. The zero-order chi connectivity index (χ0) is 16.5. The molecule has 1 aromatic carbocycles. The summed E-state index contributed by atoms with van der Waals surface area (Å²) >= 11 is 5.93. The summed E-state index contributed by atoms with van der Waals surface area (Å²) in [5.74, 6) is -0.870. The first-order valence-electron chi connectivity index (χ1n) is 5.91. The Balaban J connectivity index is 3.80. The van der Waals surface area contributed by atoms with Crippen LogP contribution in [0.5, 0.6) is 0 Å². The van der Waals surface area contributed by atoms with Crippen LogP contribution in [-0.4, -0.2) is 31.6 Å². The summed E-state index contributed by atoms with van der Waals surface area (Å²) in [7, 11) is -3.72. The number of hydrogen-bond acceptors (Lipinski definition) is 5. The summed E-state index contributed by atoms with van der Waals surface area (Å²) in [6.07, 6.45) is 1.08. The SMILES string of the molecule is CC(C)(Cl)C(=O)C(C#N)(C=O)c1ccccc1S(C)(=O)=O. The Morgan fingerprint density at radius 1 is 1.33 bits per heavy atom. The van der Waals surface area contributed by atoms with Gasteiger partial charge in [0.05, 0.1) is 15.8 Å². The third-order valence-electron chi connectivity index (χ3n) is 2.96. The van der Waals surface area contributed by atoms with Crippen LogP contribution in [0.15, 0.2) is 29.2 Å². The van der Waals surface area contributed by atoms with Crippen molar-refractivity contribution in [2.45, 2.75) is 29.0 Å². The lowest BCUT2D eigenvalue weighted by molar-refractivity contribution is -0.128. The van der Waals surface area contributed by atoms with E-state index in [9.17, 15) is 23.3 Å². The fourth-order valence-electron chi connectivity index (χ4n) is 1.96. The minimum atomic E-state index is -3.72. The smallest absolute Gasteiger partial charge is 0.198 e. The number of hydrogen-bond donors (Lipinski definition) is 0. The minimum Gasteiger partial charge on any atom is -0.301 e. The molecule has 0 bridgehead atoms. The van der Waals surface area contributed by atoms with Crippen LogP contribution in [0.2, 0.25) is 0 Å². The molecule has 0 fully saturated rings. The van der Waals surface area contributed by atoms with Crippen LogP contribution in [0.4, 0.5) is 0 Å². The standard InChI is InChI=1S/C14H14ClNO4S/c1-13(2,15)12(18)14(8-16,9-17)10-6-4-5-7-11(10)21(3,19)20/h4-7,9H,1-3H3. The number of nitriles is 1. The normalized spacial score (nSPS) is 14.8. The van der Waals surface area contributed by atoms with Crippen molar-refractivity contribution in [3.8, 4) is 6.07 Å². The first-order chi connectivity index (χ1) is 9.50. The molecule has 112 valence electrons. The molecule has 7 heteroatoms. The van der Waals surface area contributed by atoms with E-state index >= 15 is 0 Å². The molecule has 0 amide bonds. The van der Waals surface area contributed by atoms with Crippen molar-refractivity contribution in [1.29, 1.82) is 5.26 Å². The van der Waals surface area contributed by atoms with Gasteiger partial charge in [0.1, 0.15) is 0 Å². The lowest BCUT2D eigenvalue weighted by atomic mass is 9.75. The van der Waals surface area contributed by atoms with Gasteiger partial charge in [-0.2, -0.15) is 5.26 Å². The van der Waals surface area contributed by atoms with Gasteiger partial charge in [-0.15, -0.1) is 11.6 Å². The van der Waals surface area contributed by atoms with Gasteiger partial charge >= 0.3 is 0 Å². The number of ketones is 1. The molecule has 0 radical (unpaired) electrons. The number of aldehydes is 1. The van der Waals surface area contributed by atoms with Gasteiger partial charge in [-0.05, 0) is 19.9 Å². The highest BCUT2D eigenvalue weighted by Crippen LogP contribution is 2.34. The number of halogens is 1. The maximum Gasteiger partial charge on any atom is 0.198 e. The number of rotatable bonds is 5. The Morgan fingerprint density at radius 2 is 1.86 bits per heavy atom. The molecule has 0 aliphatic carbocycles. The van der Waals surface area contributed by atoms with Gasteiger partial charge in [-0.1, -0.05) is 18.2 Å². The van der Waals surface area contributed by atoms with Crippen molar-refractivity contribution in [3.63, 3.8) is 0 Å². The molecule has 0 aromatic heterocycles. The summed E-state index contributed by atoms with van der Waals surface area (Å²) in [5, 5.41) is 9.40. The lowest BCUT2D eigenvalue weighted by Gasteiger charge is -2.27. The molecule has 0 spiro atoms. The fraction of sp³-hybridized carbons (Fsp3) is 0.357. The zero-order valence-electron chi connectivity index (χ0n) is 11.8. The second kappa shape index (κ2) is 5.58. The number of benzene rings is 1. The minimum absolute atomic E-state index is 0.142. The highest BCUT2D eigenvalue weighted by Gasteiger charge is 2.49. The average Bonchev–Trinajstić information content (AvgIpc) is 2.39. The van der Waals surface area contributed by atoms with Crippen molar-refractivity contribution in [3.05, 3.63) is 29.8 Å². The topological polar surface area (TPSA) is 92.1 Å². The molecule has 0 aliphatic heterocycles. The van der Waals surface area contributed by atoms with Crippen LogP contribution in [0, 0.1) is 11.3 Å². The zero-order valence-corrected chi connectivity index (χ0v) is 13.3. The summed E-state index contributed by atoms with van der Waals surface area (Å²) < 4.78 is 23.7. The van der Waals surface area contributed by atoms with Crippen molar-refractivity contribution in [2.75, 3.05) is 6.26 Å². The molecular formula is C14H14ClNO4S. The van der Waals surface area contributed by atoms with E-state index in [4.69, 9.17) is 11.6 Å². The molecule has 1 unspecified atom stereocenters. The van der Waals surface area contributed by atoms with Gasteiger partial charge < -0.3 is 4.79 Å². The van der Waals surface area contributed by atoms with Crippen LogP contribution in [-0.2, 0) is 24.8 Å². The Morgan fingerprint density at radius 3 is 2.24 bits per heavy atom. The van der Waals surface area contributed by atoms with Crippen LogP contribution >= 0.6 is 11.6 Å². The van der Waals surface area contributed by atoms with Crippen molar-refractivity contribution >= 4 is 33.5 Å². The number of sulfone groups is 1. The highest BCUT2D eigenvalue weighted by atomic mass is 35.5. The third-order valence-corrected chi connectivity index (χ3v) is 4.29. The largest absolute Gasteiger partial charge is 0.301 e. The van der Waals surface area contributed by atoms with E-state index in [2.05, 4.69) is 0 Å². The van der Waals surface area contributed by atoms with Gasteiger partial charge in [0, 0.05) is 11.8 Å². The van der Waals surface area contributed by atoms with Gasteiger partial charge in [0.25, 0.3) is 0 Å². The van der Waals surface area contributed by atoms with Crippen LogP contribution in [0.25, 0.3) is 0 Å². The summed E-state index contributed by atoms with van der Waals surface area (Å²) in [6, 6.07) is 7.05. The summed E-state index contributed by atoms with van der Waals surface area (Å²) in [4.78, 5) is 22.2. The predicted octanol–water partition coefficient (Wildman–Crippen LogP) is 1.64. The van der Waals surface area contributed by atoms with E-state index < -0.39 is 25.9 Å². The van der Waals surface area contributed by atoms with E-state index in [0.717, 1.165) is 6.26 Å². The van der Waals surface area contributed by atoms with Crippen molar-refractivity contribution in [2.24, 2.45) is 0 Å². The van der Waals surface area contributed by atoms with E-state index in [1.54, 1.807) is 6.07 Å². The molecule has 21 heavy (non-hydrogen) atoms. The van der Waals surface area contributed by atoms with Crippen molar-refractivity contribution < 1.29 is 18.0 Å². The van der Waals surface area contributed by atoms with Crippen molar-refractivity contribution in [1.82, 2.24) is 0 Å². The fourth-order valence-corrected chi connectivity index (χ4v) is 3.06. The second-order valence-electron chi connectivity index (χ2n) is 5.11. The molecule has 5 nitrogen and oxygen atoms in total. The number of Topliss-reactive ketones (excluding diaryl/α,β-unsaturated/α-hetero) is 1. The van der Waals surface area contributed by atoms with Gasteiger partial charge in [-0.3, -0.25) is 4.79 Å². The molecule has 0 aliphatic rings. The molecule has 1 aromatic rings. The summed E-state index contributed by atoms with van der Waals surface area (Å²) in [6.45, 7) is 2.69. The first kappa shape index (κ1) is 17.3. The van der Waals surface area contributed by atoms with Crippen LogP contribution in [0.1, 0.15) is 19.4 Å².